The van der Waals surface area contributed by atoms with Crippen LogP contribution < -0.4 is 0 Å². The topological polar surface area (TPSA) is 63.1 Å². The number of carbonyl (C=O) groups excluding carboxylic acids is 1. The molecule has 1 aliphatic carbocycles. The van der Waals surface area contributed by atoms with Gasteiger partial charge in [-0.2, -0.15) is 5.26 Å². The van der Waals surface area contributed by atoms with Crippen molar-refractivity contribution in [1.82, 2.24) is 14.8 Å². The Labute approximate surface area is 245 Å². The van der Waals surface area contributed by atoms with E-state index in [1.165, 1.54) is 69.3 Å². The first-order valence-corrected chi connectivity index (χ1v) is 15.9. The van der Waals surface area contributed by atoms with Gasteiger partial charge in [-0.3, -0.25) is 14.6 Å². The van der Waals surface area contributed by atoms with E-state index in [0.29, 0.717) is 29.6 Å². The quantitative estimate of drug-likeness (QED) is 0.221. The summed E-state index contributed by atoms with van der Waals surface area (Å²) >= 11 is 0. The molecule has 0 saturated carbocycles. The zero-order chi connectivity index (χ0) is 28.0. The number of allylic oxidation sites excluding steroid dienone is 1. The van der Waals surface area contributed by atoms with E-state index in [1.807, 2.05) is 18.2 Å². The van der Waals surface area contributed by atoms with Crippen LogP contribution in [-0.4, -0.2) is 53.3 Å². The first-order chi connectivity index (χ1) is 20.1. The van der Waals surface area contributed by atoms with Crippen LogP contribution in [0.1, 0.15) is 97.2 Å². The van der Waals surface area contributed by atoms with Crippen LogP contribution in [0.5, 0.6) is 0 Å². The number of hydrogen-bond donors (Lipinski definition) is 1. The number of aromatic amines is 1. The fourth-order valence-corrected chi connectivity index (χ4v) is 7.23. The number of hydrogen-bond acceptors (Lipinski definition) is 4. The molecule has 1 N–H and O–H groups in total. The molecule has 6 rings (SSSR count). The zero-order valence-corrected chi connectivity index (χ0v) is 24.4. The van der Waals surface area contributed by atoms with Crippen LogP contribution in [0.2, 0.25) is 0 Å². The molecule has 2 saturated heterocycles. The van der Waals surface area contributed by atoms with Gasteiger partial charge >= 0.3 is 0 Å². The lowest BCUT2D eigenvalue weighted by Crippen LogP contribution is -2.35. The van der Waals surface area contributed by atoms with E-state index in [4.69, 9.17) is 0 Å². The molecule has 0 bridgehead atoms. The minimum absolute atomic E-state index is 0.305. The van der Waals surface area contributed by atoms with Crippen LogP contribution >= 0.6 is 0 Å². The number of nitrogens with zero attached hydrogens (tertiary/aromatic N) is 3. The molecule has 0 unspecified atom stereocenters. The first kappa shape index (κ1) is 27.9. The Kier molecular flexibility index (Phi) is 8.99. The Morgan fingerprint density at radius 3 is 2.41 bits per heavy atom. The zero-order valence-electron chi connectivity index (χ0n) is 24.4. The van der Waals surface area contributed by atoms with Gasteiger partial charge in [-0.05, 0) is 125 Å². The molecule has 214 valence electrons. The maximum absolute atomic E-state index is 13.0. The van der Waals surface area contributed by atoms with Gasteiger partial charge in [0, 0.05) is 42.2 Å². The summed E-state index contributed by atoms with van der Waals surface area (Å²) in [4.78, 5) is 21.5. The van der Waals surface area contributed by atoms with E-state index in [2.05, 4.69) is 57.4 Å². The van der Waals surface area contributed by atoms with Gasteiger partial charge in [0.1, 0.15) is 0 Å². The first-order valence-electron chi connectivity index (χ1n) is 15.9. The summed E-state index contributed by atoms with van der Waals surface area (Å²) in [5.41, 5.74) is 6.97. The molecular weight excluding hydrogens is 504 g/mol. The van der Waals surface area contributed by atoms with Crippen molar-refractivity contribution < 1.29 is 4.79 Å². The monoisotopic (exact) mass is 548 g/mol. The van der Waals surface area contributed by atoms with Gasteiger partial charge in [-0.15, -0.1) is 0 Å². The van der Waals surface area contributed by atoms with Gasteiger partial charge in [0.2, 0.25) is 0 Å². The number of carbonyl (C=O) groups is 1. The second kappa shape index (κ2) is 13.2. The Morgan fingerprint density at radius 1 is 0.927 bits per heavy atom. The largest absolute Gasteiger partial charge is 0.361 e. The van der Waals surface area contributed by atoms with Crippen LogP contribution in [0.15, 0.2) is 60.3 Å². The SMILES string of the molecule is N#Cc1ccc2[nH]cc(CN3CCC(c4ccc(C(=O)CCC5CCN(CC6=CCCCC6)CC5)cc4)CC3)c2c1. The number of likely N-dealkylation sites (tertiary alicyclic amines) is 2. The third-order valence-corrected chi connectivity index (χ3v) is 9.88. The number of nitriles is 1. The molecule has 3 aromatic rings. The van der Waals surface area contributed by atoms with Gasteiger partial charge in [0.15, 0.2) is 5.78 Å². The highest BCUT2D eigenvalue weighted by Crippen LogP contribution is 2.31. The normalized spacial score (nSPS) is 19.7. The summed E-state index contributed by atoms with van der Waals surface area (Å²) < 4.78 is 0. The summed E-state index contributed by atoms with van der Waals surface area (Å²) in [5.74, 6) is 1.55. The van der Waals surface area contributed by atoms with Crippen LogP contribution in [0, 0.1) is 17.2 Å². The highest BCUT2D eigenvalue weighted by Gasteiger charge is 2.23. The van der Waals surface area contributed by atoms with Crippen molar-refractivity contribution in [2.45, 2.75) is 76.7 Å². The number of piperidine rings is 2. The lowest BCUT2D eigenvalue weighted by molar-refractivity contribution is 0.0963. The van der Waals surface area contributed by atoms with Crippen molar-refractivity contribution in [3.63, 3.8) is 0 Å². The molecule has 2 fully saturated rings. The molecule has 3 heterocycles. The maximum Gasteiger partial charge on any atom is 0.162 e. The number of benzene rings is 2. The summed E-state index contributed by atoms with van der Waals surface area (Å²) in [6.07, 6.45) is 16.3. The molecule has 1 aromatic heterocycles. The molecule has 0 atom stereocenters. The molecule has 2 aliphatic heterocycles. The smallest absolute Gasteiger partial charge is 0.162 e. The van der Waals surface area contributed by atoms with Gasteiger partial charge in [0.25, 0.3) is 0 Å². The predicted octanol–water partition coefficient (Wildman–Crippen LogP) is 7.59. The van der Waals surface area contributed by atoms with Gasteiger partial charge < -0.3 is 4.98 Å². The molecular formula is C36H44N4O. The maximum atomic E-state index is 13.0. The molecule has 41 heavy (non-hydrogen) atoms. The molecule has 0 spiro atoms. The lowest BCUT2D eigenvalue weighted by atomic mass is 9.87. The van der Waals surface area contributed by atoms with Crippen LogP contribution in [0.3, 0.4) is 0 Å². The van der Waals surface area contributed by atoms with E-state index >= 15 is 0 Å². The predicted molar refractivity (Wildman–Crippen MR) is 166 cm³/mol. The Hall–Kier alpha value is -3.20. The summed E-state index contributed by atoms with van der Waals surface area (Å²) in [6, 6.07) is 16.7. The van der Waals surface area contributed by atoms with Gasteiger partial charge in [0.05, 0.1) is 11.6 Å². The van der Waals surface area contributed by atoms with Crippen molar-refractivity contribution >= 4 is 16.7 Å². The molecule has 0 amide bonds. The number of aromatic nitrogens is 1. The molecule has 2 aromatic carbocycles. The lowest BCUT2D eigenvalue weighted by Gasteiger charge is -2.33. The average molecular weight is 549 g/mol. The van der Waals surface area contributed by atoms with Crippen molar-refractivity contribution in [3.05, 3.63) is 82.6 Å². The Morgan fingerprint density at radius 2 is 1.68 bits per heavy atom. The summed E-state index contributed by atoms with van der Waals surface area (Å²) in [6.45, 7) is 6.58. The van der Waals surface area contributed by atoms with E-state index in [0.717, 1.165) is 55.4 Å². The average Bonchev–Trinajstić information content (AvgIpc) is 3.43. The van der Waals surface area contributed by atoms with Gasteiger partial charge in [-0.1, -0.05) is 35.9 Å². The van der Waals surface area contributed by atoms with Crippen molar-refractivity contribution in [3.8, 4) is 6.07 Å². The number of ketones is 1. The van der Waals surface area contributed by atoms with Crippen molar-refractivity contribution in [2.24, 2.45) is 5.92 Å². The molecule has 0 radical (unpaired) electrons. The van der Waals surface area contributed by atoms with Gasteiger partial charge in [-0.25, -0.2) is 0 Å². The number of rotatable bonds is 9. The molecule has 5 heteroatoms. The highest BCUT2D eigenvalue weighted by molar-refractivity contribution is 5.96. The number of nitrogens with one attached hydrogen (secondary N) is 1. The molecule has 5 nitrogen and oxygen atoms in total. The van der Waals surface area contributed by atoms with Crippen LogP contribution in [-0.2, 0) is 6.54 Å². The van der Waals surface area contributed by atoms with E-state index in [-0.39, 0.29) is 0 Å². The summed E-state index contributed by atoms with van der Waals surface area (Å²) in [5, 5.41) is 10.4. The number of fused-ring (bicyclic) bond motifs is 1. The van der Waals surface area contributed by atoms with Crippen molar-refractivity contribution in [2.75, 3.05) is 32.7 Å². The van der Waals surface area contributed by atoms with Crippen molar-refractivity contribution in [1.29, 1.82) is 5.26 Å². The molecule has 3 aliphatic rings. The fourth-order valence-electron chi connectivity index (χ4n) is 7.23. The van der Waals surface area contributed by atoms with E-state index < -0.39 is 0 Å². The number of Topliss-reactive ketones (excluding diaryl/α,β-unsaturated/α-hetero) is 1. The third kappa shape index (κ3) is 7.00. The summed E-state index contributed by atoms with van der Waals surface area (Å²) in [7, 11) is 0. The Balaban J connectivity index is 0.934. The minimum atomic E-state index is 0.305. The second-order valence-corrected chi connectivity index (χ2v) is 12.6. The van der Waals surface area contributed by atoms with E-state index in [9.17, 15) is 10.1 Å². The van der Waals surface area contributed by atoms with Crippen LogP contribution in [0.4, 0.5) is 0 Å². The Bertz CT molecular complexity index is 1400. The second-order valence-electron chi connectivity index (χ2n) is 12.6. The van der Waals surface area contributed by atoms with E-state index in [1.54, 1.807) is 5.57 Å². The fraction of sp³-hybridized carbons (Fsp3) is 0.500. The highest BCUT2D eigenvalue weighted by atomic mass is 16.1. The standard InChI is InChI=1S/C36H44N4O/c37-23-29-6-12-35-34(22-29)33(24-38-35)26-40-20-16-31(17-21-40)30-8-10-32(11-9-30)36(41)13-7-27-14-18-39(19-15-27)25-28-4-2-1-3-5-28/h4,6,8-12,22,24,27,31,38H,1-3,5,7,13-21,25-26H2. The van der Waals surface area contributed by atoms with Crippen LogP contribution in [0.25, 0.3) is 10.9 Å². The number of H-pyrrole nitrogens is 1. The third-order valence-electron chi connectivity index (χ3n) is 9.88. The minimum Gasteiger partial charge on any atom is -0.361 e.